The zero-order valence-electron chi connectivity index (χ0n) is 10.3. The molecule has 1 N–H and O–H groups in total. The minimum Gasteiger partial charge on any atom is -0.378 e. The van der Waals surface area contributed by atoms with Crippen LogP contribution >= 0.6 is 11.6 Å². The topological polar surface area (TPSA) is 38.3 Å². The number of rotatable bonds is 2. The Labute approximate surface area is 111 Å². The molecule has 3 rings (SSSR count). The summed E-state index contributed by atoms with van der Waals surface area (Å²) in [6.07, 6.45) is 1.67. The van der Waals surface area contributed by atoms with Crippen LogP contribution in [0.5, 0.6) is 0 Å². The van der Waals surface area contributed by atoms with Gasteiger partial charge in [-0.25, -0.2) is 0 Å². The van der Waals surface area contributed by atoms with Crippen LogP contribution in [0, 0.1) is 5.92 Å². The number of benzene rings is 1. The highest BCUT2D eigenvalue weighted by Gasteiger charge is 2.32. The molecule has 0 bridgehead atoms. The molecule has 2 aliphatic rings. The van der Waals surface area contributed by atoms with Gasteiger partial charge in [0.15, 0.2) is 0 Å². The van der Waals surface area contributed by atoms with Crippen LogP contribution in [0.4, 0.5) is 5.69 Å². The van der Waals surface area contributed by atoms with E-state index in [0.29, 0.717) is 12.3 Å². The zero-order valence-corrected chi connectivity index (χ0v) is 11.0. The largest absolute Gasteiger partial charge is 0.378 e. The number of alkyl halides is 1. The minimum absolute atomic E-state index is 0.0384. The third-order valence-electron chi connectivity index (χ3n) is 3.88. The van der Waals surface area contributed by atoms with E-state index in [1.54, 1.807) is 0 Å². The molecule has 0 aromatic heterocycles. The highest BCUT2D eigenvalue weighted by molar-refractivity contribution is 6.21. The van der Waals surface area contributed by atoms with Crippen LogP contribution in [0.1, 0.15) is 29.8 Å². The molecular formula is C14H16ClNO2. The fourth-order valence-corrected chi connectivity index (χ4v) is 3.27. The van der Waals surface area contributed by atoms with E-state index in [1.165, 1.54) is 0 Å². The summed E-state index contributed by atoms with van der Waals surface area (Å²) in [4.78, 5) is 11.3. The van der Waals surface area contributed by atoms with Crippen LogP contribution in [0.15, 0.2) is 18.2 Å². The van der Waals surface area contributed by atoms with E-state index in [1.807, 2.05) is 12.1 Å². The fourth-order valence-electron chi connectivity index (χ4n) is 2.80. The number of anilines is 1. The molecule has 3 nitrogen and oxygen atoms in total. The first kappa shape index (κ1) is 12.0. The maximum atomic E-state index is 11.3. The lowest BCUT2D eigenvalue weighted by Crippen LogP contribution is -2.16. The van der Waals surface area contributed by atoms with Crippen LogP contribution in [-0.2, 0) is 16.0 Å². The summed E-state index contributed by atoms with van der Waals surface area (Å²) in [7, 11) is 0. The normalized spacial score (nSPS) is 28.0. The Morgan fingerprint density at radius 2 is 2.33 bits per heavy atom. The van der Waals surface area contributed by atoms with Gasteiger partial charge in [-0.2, -0.15) is 0 Å². The van der Waals surface area contributed by atoms with Crippen molar-refractivity contribution >= 4 is 23.2 Å². The van der Waals surface area contributed by atoms with Crippen molar-refractivity contribution < 1.29 is 9.53 Å². The highest BCUT2D eigenvalue weighted by atomic mass is 35.5. The molecule has 0 spiro atoms. The Bertz CT molecular complexity index is 489. The number of hydrogen-bond donors (Lipinski definition) is 1. The van der Waals surface area contributed by atoms with Crippen molar-refractivity contribution in [2.45, 2.75) is 31.2 Å². The van der Waals surface area contributed by atoms with E-state index >= 15 is 0 Å². The molecule has 96 valence electrons. The van der Waals surface area contributed by atoms with Crippen LogP contribution in [0.25, 0.3) is 0 Å². The second-order valence-corrected chi connectivity index (χ2v) is 5.54. The van der Waals surface area contributed by atoms with E-state index in [9.17, 15) is 4.79 Å². The molecule has 2 heterocycles. The fraction of sp³-hybridized carbons (Fsp3) is 0.500. The molecule has 3 atom stereocenters. The molecule has 0 saturated carbocycles. The number of hydrogen-bond acceptors (Lipinski definition) is 2. The SMILES string of the molecule is CC1OCCC1C(Cl)c1ccc2c(c1)CC(=O)N2. The Hall–Kier alpha value is -1.06. The number of fused-ring (bicyclic) bond motifs is 1. The zero-order chi connectivity index (χ0) is 12.7. The average Bonchev–Trinajstić information content (AvgIpc) is 2.91. The lowest BCUT2D eigenvalue weighted by Gasteiger charge is -2.21. The number of ether oxygens (including phenoxy) is 1. The monoisotopic (exact) mass is 265 g/mol. The van der Waals surface area contributed by atoms with E-state index in [4.69, 9.17) is 16.3 Å². The quantitative estimate of drug-likeness (QED) is 0.835. The standard InChI is InChI=1S/C14H16ClNO2/c1-8-11(4-5-18-8)14(15)9-2-3-12-10(6-9)7-13(17)16-12/h2-3,6,8,11,14H,4-5,7H2,1H3,(H,16,17). The summed E-state index contributed by atoms with van der Waals surface area (Å²) in [5.41, 5.74) is 3.06. The molecule has 3 unspecified atom stereocenters. The number of carbonyl (C=O) groups is 1. The Morgan fingerprint density at radius 1 is 1.50 bits per heavy atom. The van der Waals surface area contributed by atoms with E-state index in [2.05, 4.69) is 18.3 Å². The molecule has 1 amide bonds. The molecule has 2 aliphatic heterocycles. The number of carbonyl (C=O) groups excluding carboxylic acids is 1. The van der Waals surface area contributed by atoms with Crippen molar-refractivity contribution in [2.24, 2.45) is 5.92 Å². The summed E-state index contributed by atoms with van der Waals surface area (Å²) in [5.74, 6) is 0.417. The molecule has 18 heavy (non-hydrogen) atoms. The highest BCUT2D eigenvalue weighted by Crippen LogP contribution is 2.39. The first-order valence-corrected chi connectivity index (χ1v) is 6.77. The third-order valence-corrected chi connectivity index (χ3v) is 4.46. The molecular weight excluding hydrogens is 250 g/mol. The molecule has 1 aromatic rings. The lowest BCUT2D eigenvalue weighted by atomic mass is 9.92. The van der Waals surface area contributed by atoms with Crippen molar-refractivity contribution in [1.29, 1.82) is 0 Å². The van der Waals surface area contributed by atoms with Crippen molar-refractivity contribution in [3.05, 3.63) is 29.3 Å². The van der Waals surface area contributed by atoms with Crippen LogP contribution < -0.4 is 5.32 Å². The van der Waals surface area contributed by atoms with Gasteiger partial charge in [0.25, 0.3) is 0 Å². The van der Waals surface area contributed by atoms with Crippen molar-refractivity contribution in [2.75, 3.05) is 11.9 Å². The third kappa shape index (κ3) is 2.02. The molecule has 1 fully saturated rings. The second-order valence-electron chi connectivity index (χ2n) is 5.07. The Morgan fingerprint density at radius 3 is 3.06 bits per heavy atom. The smallest absolute Gasteiger partial charge is 0.228 e. The summed E-state index contributed by atoms with van der Waals surface area (Å²) in [5, 5.41) is 2.80. The van der Waals surface area contributed by atoms with E-state index in [-0.39, 0.29) is 17.4 Å². The van der Waals surface area contributed by atoms with Gasteiger partial charge in [-0.15, -0.1) is 11.6 Å². The molecule has 4 heteroatoms. The van der Waals surface area contributed by atoms with Crippen molar-refractivity contribution in [3.63, 3.8) is 0 Å². The summed E-state index contributed by atoms with van der Waals surface area (Å²) in [6.45, 7) is 2.87. The Kier molecular flexibility index (Phi) is 3.04. The number of halogens is 1. The lowest BCUT2D eigenvalue weighted by molar-refractivity contribution is -0.115. The molecule has 1 saturated heterocycles. The predicted molar refractivity (Wildman–Crippen MR) is 70.9 cm³/mol. The molecule has 1 aromatic carbocycles. The first-order chi connectivity index (χ1) is 8.65. The molecule has 0 aliphatic carbocycles. The maximum absolute atomic E-state index is 11.3. The van der Waals surface area contributed by atoms with Crippen molar-refractivity contribution in [3.8, 4) is 0 Å². The van der Waals surface area contributed by atoms with Gasteiger partial charge in [0, 0.05) is 18.2 Å². The van der Waals surface area contributed by atoms with E-state index < -0.39 is 0 Å². The second kappa shape index (κ2) is 4.56. The minimum atomic E-state index is -0.0384. The van der Waals surface area contributed by atoms with Gasteiger partial charge in [0.2, 0.25) is 5.91 Å². The Balaban J connectivity index is 1.85. The van der Waals surface area contributed by atoms with Crippen molar-refractivity contribution in [1.82, 2.24) is 0 Å². The van der Waals surface area contributed by atoms with Gasteiger partial charge in [-0.1, -0.05) is 12.1 Å². The van der Waals surface area contributed by atoms with Gasteiger partial charge in [0.1, 0.15) is 0 Å². The summed E-state index contributed by atoms with van der Waals surface area (Å²) in [6, 6.07) is 6.01. The van der Waals surface area contributed by atoms with Gasteiger partial charge >= 0.3 is 0 Å². The number of nitrogens with one attached hydrogen (secondary N) is 1. The maximum Gasteiger partial charge on any atom is 0.228 e. The van der Waals surface area contributed by atoms with Gasteiger partial charge in [-0.05, 0) is 30.5 Å². The first-order valence-electron chi connectivity index (χ1n) is 6.33. The van der Waals surface area contributed by atoms with Crippen LogP contribution in [0.2, 0.25) is 0 Å². The van der Waals surface area contributed by atoms with Crippen LogP contribution in [0.3, 0.4) is 0 Å². The van der Waals surface area contributed by atoms with Crippen LogP contribution in [-0.4, -0.2) is 18.6 Å². The van der Waals surface area contributed by atoms with Gasteiger partial charge in [0.05, 0.1) is 17.9 Å². The van der Waals surface area contributed by atoms with Gasteiger partial charge in [-0.3, -0.25) is 4.79 Å². The van der Waals surface area contributed by atoms with E-state index in [0.717, 1.165) is 29.8 Å². The van der Waals surface area contributed by atoms with Gasteiger partial charge < -0.3 is 10.1 Å². The predicted octanol–water partition coefficient (Wildman–Crippen LogP) is 2.89. The summed E-state index contributed by atoms with van der Waals surface area (Å²) >= 11 is 6.56. The number of amides is 1. The molecule has 0 radical (unpaired) electrons. The summed E-state index contributed by atoms with van der Waals surface area (Å²) < 4.78 is 5.57. The average molecular weight is 266 g/mol.